The first-order valence-electron chi connectivity index (χ1n) is 15.5. The summed E-state index contributed by atoms with van der Waals surface area (Å²) in [5, 5.41) is 0. The second-order valence-corrected chi connectivity index (χ2v) is 11.7. The number of benzene rings is 7. The number of rotatable bonds is 4. The summed E-state index contributed by atoms with van der Waals surface area (Å²) in [5.41, 5.74) is 14.3. The smallest absolute Gasteiger partial charge is 0.0755 e. The summed E-state index contributed by atoms with van der Waals surface area (Å²) in [4.78, 5) is 4.80. The van der Waals surface area contributed by atoms with E-state index in [1.807, 2.05) is 0 Å². The molecule has 7 aromatic rings. The Morgan fingerprint density at radius 1 is 0.356 bits per heavy atom. The second-order valence-electron chi connectivity index (χ2n) is 11.7. The fourth-order valence-corrected chi connectivity index (χ4v) is 7.69. The highest BCUT2D eigenvalue weighted by Gasteiger charge is 2.51. The minimum atomic E-state index is -0.487. The van der Waals surface area contributed by atoms with Crippen LogP contribution in [0.25, 0.3) is 11.1 Å². The van der Waals surface area contributed by atoms with Gasteiger partial charge in [0.25, 0.3) is 0 Å². The number of anilines is 6. The van der Waals surface area contributed by atoms with Crippen LogP contribution in [-0.4, -0.2) is 0 Å². The van der Waals surface area contributed by atoms with Crippen LogP contribution < -0.4 is 9.80 Å². The predicted octanol–water partition coefficient (Wildman–Crippen LogP) is 11.3. The van der Waals surface area contributed by atoms with Gasteiger partial charge in [-0.3, -0.25) is 0 Å². The number of hydrogen-bond donors (Lipinski definition) is 0. The highest BCUT2D eigenvalue weighted by atomic mass is 15.2. The van der Waals surface area contributed by atoms with Crippen LogP contribution in [-0.2, 0) is 5.41 Å². The van der Waals surface area contributed by atoms with Crippen LogP contribution in [0, 0.1) is 0 Å². The second kappa shape index (κ2) is 10.1. The Hall–Kier alpha value is -5.86. The number of para-hydroxylation sites is 5. The molecule has 0 bridgehead atoms. The zero-order valence-electron chi connectivity index (χ0n) is 24.7. The van der Waals surface area contributed by atoms with E-state index in [-0.39, 0.29) is 0 Å². The molecule has 1 heterocycles. The molecule has 45 heavy (non-hydrogen) atoms. The fraction of sp³-hybridized carbons (Fsp3) is 0.0233. The van der Waals surface area contributed by atoms with Crippen LogP contribution in [0.15, 0.2) is 182 Å². The molecule has 0 amide bonds. The van der Waals surface area contributed by atoms with Gasteiger partial charge in [0.1, 0.15) is 0 Å². The van der Waals surface area contributed by atoms with Crippen LogP contribution in [0.3, 0.4) is 0 Å². The molecule has 1 aliphatic carbocycles. The Labute approximate surface area is 264 Å². The van der Waals surface area contributed by atoms with Crippen LogP contribution in [0.2, 0.25) is 0 Å². The van der Waals surface area contributed by atoms with Gasteiger partial charge in [0, 0.05) is 22.7 Å². The van der Waals surface area contributed by atoms with Gasteiger partial charge in [-0.25, -0.2) is 0 Å². The molecule has 9 rings (SSSR count). The maximum atomic E-state index is 2.45. The number of fused-ring (bicyclic) bond motifs is 9. The van der Waals surface area contributed by atoms with Crippen molar-refractivity contribution in [2.24, 2.45) is 0 Å². The Balaban J connectivity index is 1.37. The molecule has 212 valence electrons. The molecule has 0 unspecified atom stereocenters. The van der Waals surface area contributed by atoms with E-state index in [0.29, 0.717) is 0 Å². The van der Waals surface area contributed by atoms with Gasteiger partial charge in [-0.1, -0.05) is 121 Å². The van der Waals surface area contributed by atoms with Crippen LogP contribution in [0.4, 0.5) is 34.1 Å². The number of nitrogens with zero attached hydrogens (tertiary/aromatic N) is 2. The van der Waals surface area contributed by atoms with Gasteiger partial charge in [0.05, 0.1) is 16.8 Å². The molecule has 2 aliphatic rings. The minimum absolute atomic E-state index is 0.487. The Morgan fingerprint density at radius 2 is 0.822 bits per heavy atom. The van der Waals surface area contributed by atoms with E-state index in [0.717, 1.165) is 22.7 Å². The standard InChI is InChI=1S/C43H30N2/c1-4-16-31(17-5-1)44(32-18-6-2-7-19-32)34-28-29-36-35-22-10-11-23-37(35)43(40(36)30-34)38-24-12-14-26-41(38)45(33-20-8-3-9-21-33)42-27-15-13-25-39(42)43/h1-30H. The fourth-order valence-electron chi connectivity index (χ4n) is 7.69. The molecule has 0 aromatic heterocycles. The van der Waals surface area contributed by atoms with Gasteiger partial charge < -0.3 is 9.80 Å². The first-order chi connectivity index (χ1) is 22.4. The average Bonchev–Trinajstić information content (AvgIpc) is 3.40. The van der Waals surface area contributed by atoms with Crippen molar-refractivity contribution in [1.82, 2.24) is 0 Å². The summed E-state index contributed by atoms with van der Waals surface area (Å²) >= 11 is 0. The molecule has 0 saturated carbocycles. The SMILES string of the molecule is c1ccc(N(c2ccccc2)c2ccc3c(c2)C2(c4ccccc4-3)c3ccccc3N(c3ccccc3)c3ccccc32)cc1. The molecule has 2 nitrogen and oxygen atoms in total. The predicted molar refractivity (Wildman–Crippen MR) is 187 cm³/mol. The van der Waals surface area contributed by atoms with Gasteiger partial charge in [-0.15, -0.1) is 0 Å². The zero-order chi connectivity index (χ0) is 29.8. The van der Waals surface area contributed by atoms with E-state index in [1.54, 1.807) is 0 Å². The van der Waals surface area contributed by atoms with Crippen molar-refractivity contribution in [2.75, 3.05) is 9.80 Å². The molecule has 1 aliphatic heterocycles. The van der Waals surface area contributed by atoms with Crippen LogP contribution >= 0.6 is 0 Å². The van der Waals surface area contributed by atoms with Gasteiger partial charge in [0.15, 0.2) is 0 Å². The van der Waals surface area contributed by atoms with Crippen LogP contribution in [0.1, 0.15) is 22.3 Å². The first kappa shape index (κ1) is 25.6. The van der Waals surface area contributed by atoms with E-state index < -0.39 is 5.41 Å². The highest BCUT2D eigenvalue weighted by Crippen LogP contribution is 2.63. The molecule has 0 saturated heterocycles. The Morgan fingerprint density at radius 3 is 1.42 bits per heavy atom. The maximum absolute atomic E-state index is 2.45. The first-order valence-corrected chi connectivity index (χ1v) is 15.5. The summed E-state index contributed by atoms with van der Waals surface area (Å²) in [6.07, 6.45) is 0. The lowest BCUT2D eigenvalue weighted by Crippen LogP contribution is -2.36. The van der Waals surface area contributed by atoms with Crippen molar-refractivity contribution in [3.05, 3.63) is 204 Å². The van der Waals surface area contributed by atoms with Gasteiger partial charge in [0.2, 0.25) is 0 Å². The normalized spacial score (nSPS) is 13.5. The molecular formula is C43H30N2. The van der Waals surface area contributed by atoms with Crippen molar-refractivity contribution >= 4 is 34.1 Å². The molecule has 0 atom stereocenters. The van der Waals surface area contributed by atoms with Crippen molar-refractivity contribution < 1.29 is 0 Å². The minimum Gasteiger partial charge on any atom is -0.310 e. The molecule has 7 aromatic carbocycles. The van der Waals surface area contributed by atoms with Crippen molar-refractivity contribution in [2.45, 2.75) is 5.41 Å². The highest BCUT2D eigenvalue weighted by molar-refractivity contribution is 5.96. The van der Waals surface area contributed by atoms with Crippen molar-refractivity contribution in [3.8, 4) is 11.1 Å². The third-order valence-corrected chi connectivity index (χ3v) is 9.43. The van der Waals surface area contributed by atoms with Gasteiger partial charge in [-0.05, 0) is 94.0 Å². The molecular weight excluding hydrogens is 544 g/mol. The van der Waals surface area contributed by atoms with Gasteiger partial charge >= 0.3 is 0 Å². The molecule has 0 fully saturated rings. The zero-order valence-corrected chi connectivity index (χ0v) is 24.7. The summed E-state index contributed by atoms with van der Waals surface area (Å²) in [7, 11) is 0. The van der Waals surface area contributed by atoms with E-state index in [1.165, 1.54) is 44.8 Å². The van der Waals surface area contributed by atoms with E-state index in [9.17, 15) is 0 Å². The largest absolute Gasteiger partial charge is 0.310 e. The Bertz CT molecular complexity index is 2080. The lowest BCUT2D eigenvalue weighted by Gasteiger charge is -2.45. The monoisotopic (exact) mass is 574 g/mol. The summed E-state index contributed by atoms with van der Waals surface area (Å²) < 4.78 is 0. The quantitative estimate of drug-likeness (QED) is 0.206. The molecule has 0 N–H and O–H groups in total. The maximum Gasteiger partial charge on any atom is 0.0755 e. The molecule has 1 spiro atoms. The van der Waals surface area contributed by atoms with E-state index in [2.05, 4.69) is 192 Å². The van der Waals surface area contributed by atoms with E-state index in [4.69, 9.17) is 0 Å². The van der Waals surface area contributed by atoms with Crippen LogP contribution in [0.5, 0.6) is 0 Å². The number of hydrogen-bond acceptors (Lipinski definition) is 2. The third kappa shape index (κ3) is 3.69. The summed E-state index contributed by atoms with van der Waals surface area (Å²) in [5.74, 6) is 0. The summed E-state index contributed by atoms with van der Waals surface area (Å²) in [6.45, 7) is 0. The lowest BCUT2D eigenvalue weighted by molar-refractivity contribution is 0.752. The molecule has 0 radical (unpaired) electrons. The van der Waals surface area contributed by atoms with Gasteiger partial charge in [-0.2, -0.15) is 0 Å². The Kier molecular flexibility index (Phi) is 5.76. The van der Waals surface area contributed by atoms with Crippen molar-refractivity contribution in [3.63, 3.8) is 0 Å². The average molecular weight is 575 g/mol. The topological polar surface area (TPSA) is 6.48 Å². The van der Waals surface area contributed by atoms with Crippen molar-refractivity contribution in [1.29, 1.82) is 0 Å². The lowest BCUT2D eigenvalue weighted by atomic mass is 9.64. The molecule has 2 heteroatoms. The third-order valence-electron chi connectivity index (χ3n) is 9.43. The summed E-state index contributed by atoms with van der Waals surface area (Å²) in [6, 6.07) is 66.2. The van der Waals surface area contributed by atoms with E-state index >= 15 is 0 Å².